The average Bonchev–Trinajstić information content (AvgIpc) is 3.03. The van der Waals surface area contributed by atoms with Gasteiger partial charge in [-0.05, 0) is 31.0 Å². The monoisotopic (exact) mass is 329 g/mol. The quantitative estimate of drug-likeness (QED) is 0.897. The van der Waals surface area contributed by atoms with Crippen LogP contribution in [0.4, 0.5) is 10.8 Å². The first kappa shape index (κ1) is 14.5. The molecule has 0 radical (unpaired) electrons. The fourth-order valence-corrected chi connectivity index (χ4v) is 3.93. The molecule has 0 unspecified atom stereocenters. The molecule has 2 aromatic rings. The number of carbonyl (C=O) groups is 1. The summed E-state index contributed by atoms with van der Waals surface area (Å²) < 4.78 is 5.39. The molecular formula is C17H19N3O2S. The van der Waals surface area contributed by atoms with Gasteiger partial charge in [0.25, 0.3) is 5.91 Å². The number of fused-ring (bicyclic) bond motifs is 1. The van der Waals surface area contributed by atoms with Crippen molar-refractivity contribution in [3.63, 3.8) is 0 Å². The summed E-state index contributed by atoms with van der Waals surface area (Å²) in [5.41, 5.74) is 2.63. The van der Waals surface area contributed by atoms with Gasteiger partial charge in [-0.3, -0.25) is 4.79 Å². The van der Waals surface area contributed by atoms with Gasteiger partial charge in [0.05, 0.1) is 11.4 Å². The summed E-state index contributed by atoms with van der Waals surface area (Å²) in [6.45, 7) is 0.0818. The summed E-state index contributed by atoms with van der Waals surface area (Å²) >= 11 is 1.64. The van der Waals surface area contributed by atoms with Crippen molar-refractivity contribution in [1.29, 1.82) is 0 Å². The molecule has 0 atom stereocenters. The lowest BCUT2D eigenvalue weighted by molar-refractivity contribution is -0.118. The average molecular weight is 329 g/mol. The van der Waals surface area contributed by atoms with E-state index in [-0.39, 0.29) is 12.5 Å². The Labute approximate surface area is 139 Å². The predicted octanol–water partition coefficient (Wildman–Crippen LogP) is 3.89. The highest BCUT2D eigenvalue weighted by molar-refractivity contribution is 7.14. The Morgan fingerprint density at radius 3 is 3.00 bits per heavy atom. The topological polar surface area (TPSA) is 63.2 Å². The fourth-order valence-electron chi connectivity index (χ4n) is 3.14. The van der Waals surface area contributed by atoms with E-state index in [4.69, 9.17) is 9.72 Å². The minimum Gasteiger partial charge on any atom is -0.482 e. The summed E-state index contributed by atoms with van der Waals surface area (Å²) in [5.74, 6) is 0.594. The maximum absolute atomic E-state index is 11.4. The molecule has 120 valence electrons. The molecule has 1 aliphatic heterocycles. The second kappa shape index (κ2) is 6.20. The van der Waals surface area contributed by atoms with E-state index in [9.17, 15) is 4.79 Å². The van der Waals surface area contributed by atoms with Crippen LogP contribution in [0.3, 0.4) is 0 Å². The molecule has 5 nitrogen and oxygen atoms in total. The van der Waals surface area contributed by atoms with Crippen LogP contribution in [0.2, 0.25) is 0 Å². The number of hydrogen-bond donors (Lipinski definition) is 2. The SMILES string of the molecule is O=C1COc2ccc(-c3csc(NC4CCCCC4)n3)cc2N1. The second-order valence-corrected chi connectivity index (χ2v) is 6.92. The molecule has 0 bridgehead atoms. The van der Waals surface area contributed by atoms with Crippen molar-refractivity contribution in [2.24, 2.45) is 0 Å². The third-order valence-corrected chi connectivity index (χ3v) is 5.12. The van der Waals surface area contributed by atoms with E-state index in [0.29, 0.717) is 17.5 Å². The van der Waals surface area contributed by atoms with Crippen LogP contribution in [-0.2, 0) is 4.79 Å². The first-order valence-corrected chi connectivity index (χ1v) is 8.95. The number of rotatable bonds is 3. The van der Waals surface area contributed by atoms with Crippen LogP contribution >= 0.6 is 11.3 Å². The number of amides is 1. The van der Waals surface area contributed by atoms with Gasteiger partial charge < -0.3 is 15.4 Å². The minimum absolute atomic E-state index is 0.0818. The molecule has 2 aliphatic rings. The molecule has 0 saturated heterocycles. The third kappa shape index (κ3) is 3.17. The molecule has 23 heavy (non-hydrogen) atoms. The fraction of sp³-hybridized carbons (Fsp3) is 0.412. The van der Waals surface area contributed by atoms with Crippen LogP contribution in [0, 0.1) is 0 Å². The number of hydrogen-bond acceptors (Lipinski definition) is 5. The van der Waals surface area contributed by atoms with Gasteiger partial charge in [0.15, 0.2) is 11.7 Å². The summed E-state index contributed by atoms with van der Waals surface area (Å²) in [5, 5.41) is 9.42. The van der Waals surface area contributed by atoms with Crippen molar-refractivity contribution < 1.29 is 9.53 Å². The number of nitrogens with zero attached hydrogens (tertiary/aromatic N) is 1. The molecule has 1 aromatic heterocycles. The van der Waals surface area contributed by atoms with Gasteiger partial charge in [0.2, 0.25) is 0 Å². The molecule has 4 rings (SSSR count). The Bertz CT molecular complexity index is 722. The number of nitrogens with one attached hydrogen (secondary N) is 2. The highest BCUT2D eigenvalue weighted by Crippen LogP contribution is 2.34. The van der Waals surface area contributed by atoms with Gasteiger partial charge in [-0.15, -0.1) is 11.3 Å². The summed E-state index contributed by atoms with van der Waals surface area (Å²) in [4.78, 5) is 16.1. The van der Waals surface area contributed by atoms with Crippen LogP contribution in [-0.4, -0.2) is 23.5 Å². The van der Waals surface area contributed by atoms with Crippen LogP contribution in [0.1, 0.15) is 32.1 Å². The third-order valence-electron chi connectivity index (χ3n) is 4.35. The highest BCUT2D eigenvalue weighted by Gasteiger charge is 2.18. The summed E-state index contributed by atoms with van der Waals surface area (Å²) in [7, 11) is 0. The van der Waals surface area contributed by atoms with Crippen molar-refractivity contribution >= 4 is 28.1 Å². The molecule has 0 spiro atoms. The molecule has 1 fully saturated rings. The number of aromatic nitrogens is 1. The van der Waals surface area contributed by atoms with E-state index in [1.807, 2.05) is 18.2 Å². The smallest absolute Gasteiger partial charge is 0.262 e. The molecule has 1 aliphatic carbocycles. The van der Waals surface area contributed by atoms with Crippen molar-refractivity contribution in [1.82, 2.24) is 4.98 Å². The minimum atomic E-state index is -0.118. The lowest BCUT2D eigenvalue weighted by Gasteiger charge is -2.22. The van der Waals surface area contributed by atoms with E-state index < -0.39 is 0 Å². The molecule has 1 saturated carbocycles. The highest BCUT2D eigenvalue weighted by atomic mass is 32.1. The van der Waals surface area contributed by atoms with Crippen molar-refractivity contribution in [3.8, 4) is 17.0 Å². The number of ether oxygens (including phenoxy) is 1. The van der Waals surface area contributed by atoms with Gasteiger partial charge in [-0.2, -0.15) is 0 Å². The zero-order valence-corrected chi connectivity index (χ0v) is 13.6. The van der Waals surface area contributed by atoms with E-state index >= 15 is 0 Å². The molecule has 1 amide bonds. The maximum atomic E-state index is 11.4. The van der Waals surface area contributed by atoms with Crippen molar-refractivity contribution in [2.75, 3.05) is 17.2 Å². The number of thiazole rings is 1. The Hall–Kier alpha value is -2.08. The Kier molecular flexibility index (Phi) is 3.91. The van der Waals surface area contributed by atoms with Crippen LogP contribution < -0.4 is 15.4 Å². The first-order valence-electron chi connectivity index (χ1n) is 8.07. The molecule has 2 N–H and O–H groups in total. The largest absolute Gasteiger partial charge is 0.482 e. The maximum Gasteiger partial charge on any atom is 0.262 e. The van der Waals surface area contributed by atoms with Gasteiger partial charge in [0, 0.05) is 17.0 Å². The van der Waals surface area contributed by atoms with E-state index in [1.54, 1.807) is 11.3 Å². The van der Waals surface area contributed by atoms with Gasteiger partial charge >= 0.3 is 0 Å². The number of carbonyl (C=O) groups excluding carboxylic acids is 1. The normalized spacial score (nSPS) is 18.0. The first-order chi connectivity index (χ1) is 11.3. The summed E-state index contributed by atoms with van der Waals surface area (Å²) in [6.07, 6.45) is 6.43. The van der Waals surface area contributed by atoms with Gasteiger partial charge in [0.1, 0.15) is 5.75 Å². The zero-order chi connectivity index (χ0) is 15.6. The molecule has 1 aromatic carbocycles. The van der Waals surface area contributed by atoms with Crippen molar-refractivity contribution in [2.45, 2.75) is 38.1 Å². The van der Waals surface area contributed by atoms with Crippen LogP contribution in [0.25, 0.3) is 11.3 Å². The number of benzene rings is 1. The van der Waals surface area contributed by atoms with Crippen molar-refractivity contribution in [3.05, 3.63) is 23.6 Å². The Morgan fingerprint density at radius 2 is 2.13 bits per heavy atom. The van der Waals surface area contributed by atoms with Gasteiger partial charge in [-0.1, -0.05) is 19.3 Å². The van der Waals surface area contributed by atoms with E-state index in [0.717, 1.165) is 16.4 Å². The predicted molar refractivity (Wildman–Crippen MR) is 92.2 cm³/mol. The van der Waals surface area contributed by atoms with Crippen LogP contribution in [0.5, 0.6) is 5.75 Å². The molecule has 2 heterocycles. The second-order valence-electron chi connectivity index (χ2n) is 6.06. The standard InChI is InChI=1S/C17H19N3O2S/c21-16-9-22-15-7-6-11(8-13(15)19-16)14-10-23-17(20-14)18-12-4-2-1-3-5-12/h6-8,10,12H,1-5,9H2,(H,18,20)(H,19,21). The molecular weight excluding hydrogens is 310 g/mol. The zero-order valence-electron chi connectivity index (χ0n) is 12.8. The molecule has 6 heteroatoms. The van der Waals surface area contributed by atoms with Gasteiger partial charge in [-0.25, -0.2) is 4.98 Å². The van der Waals surface area contributed by atoms with E-state index in [1.165, 1.54) is 32.1 Å². The summed E-state index contributed by atoms with van der Waals surface area (Å²) in [6, 6.07) is 6.35. The lowest BCUT2D eigenvalue weighted by Crippen LogP contribution is -2.25. The van der Waals surface area contributed by atoms with Crippen LogP contribution in [0.15, 0.2) is 23.6 Å². The Morgan fingerprint density at radius 1 is 1.26 bits per heavy atom. The number of anilines is 2. The lowest BCUT2D eigenvalue weighted by atomic mass is 9.96. The Balaban J connectivity index is 1.52. The van der Waals surface area contributed by atoms with E-state index in [2.05, 4.69) is 16.0 Å².